The number of fused-ring (bicyclic) bond motifs is 7. The summed E-state index contributed by atoms with van der Waals surface area (Å²) in [6.07, 6.45) is 0. The third-order valence-electron chi connectivity index (χ3n) is 13.5. The van der Waals surface area contributed by atoms with E-state index in [0.717, 1.165) is 27.8 Å². The van der Waals surface area contributed by atoms with Gasteiger partial charge in [0.1, 0.15) is 0 Å². The second-order valence-corrected chi connectivity index (χ2v) is 18.1. The van der Waals surface area contributed by atoms with Gasteiger partial charge in [-0.3, -0.25) is 0 Å². The van der Waals surface area contributed by atoms with Crippen molar-refractivity contribution in [3.05, 3.63) is 259 Å². The highest BCUT2D eigenvalue weighted by Gasteiger charge is 2.46. The molecule has 0 N–H and O–H groups in total. The van der Waals surface area contributed by atoms with Gasteiger partial charge in [0.25, 0.3) is 0 Å². The van der Waals surface area contributed by atoms with Crippen molar-refractivity contribution in [2.45, 2.75) is 5.41 Å². The van der Waals surface area contributed by atoms with Crippen LogP contribution in [0.3, 0.4) is 0 Å². The van der Waals surface area contributed by atoms with E-state index in [1.807, 2.05) is 11.3 Å². The van der Waals surface area contributed by atoms with Gasteiger partial charge in [0.15, 0.2) is 17.5 Å². The van der Waals surface area contributed by atoms with Crippen molar-refractivity contribution in [1.29, 1.82) is 0 Å². The first-order valence-corrected chi connectivity index (χ1v) is 23.2. The summed E-state index contributed by atoms with van der Waals surface area (Å²) in [7, 11) is 0. The fraction of sp³-hybridized carbons (Fsp3) is 0.0161. The van der Waals surface area contributed by atoms with Gasteiger partial charge in [0.05, 0.1) is 5.41 Å². The van der Waals surface area contributed by atoms with Crippen LogP contribution in [-0.4, -0.2) is 15.0 Å². The third kappa shape index (κ3) is 6.07. The number of rotatable bonds is 7. The van der Waals surface area contributed by atoms with E-state index in [-0.39, 0.29) is 0 Å². The molecular formula is C62H39N3S. The zero-order valence-corrected chi connectivity index (χ0v) is 36.6. The first-order valence-electron chi connectivity index (χ1n) is 22.4. The molecule has 4 heteroatoms. The van der Waals surface area contributed by atoms with Crippen molar-refractivity contribution in [2.75, 3.05) is 0 Å². The predicted octanol–water partition coefficient (Wildman–Crippen LogP) is 16.1. The Bertz CT molecular complexity index is 3760. The average molecular weight is 858 g/mol. The maximum Gasteiger partial charge on any atom is 0.164 e. The van der Waals surface area contributed by atoms with Gasteiger partial charge < -0.3 is 0 Å². The summed E-state index contributed by atoms with van der Waals surface area (Å²) in [5.41, 5.74) is 14.3. The van der Waals surface area contributed by atoms with Crippen LogP contribution in [0.4, 0.5) is 0 Å². The smallest absolute Gasteiger partial charge is 0.164 e. The molecule has 0 saturated carbocycles. The first-order chi connectivity index (χ1) is 32.7. The van der Waals surface area contributed by atoms with Crippen LogP contribution in [0.1, 0.15) is 22.3 Å². The maximum absolute atomic E-state index is 5.33. The lowest BCUT2D eigenvalue weighted by molar-refractivity contribution is 0.768. The Morgan fingerprint density at radius 3 is 1.48 bits per heavy atom. The van der Waals surface area contributed by atoms with Crippen LogP contribution >= 0.6 is 11.3 Å². The fourth-order valence-electron chi connectivity index (χ4n) is 10.4. The second-order valence-electron chi connectivity index (χ2n) is 17.1. The SMILES string of the molecule is c1ccc(C2(c3ccccc3)c3ccccc3-c3ccc(-c4nc(-c5ccc(-c6cccc7ccccc67)cc5)nc(-c5ccc(-c6cccc7c6sc6ccccc67)cc5)n4)cc32)cc1. The van der Waals surface area contributed by atoms with Crippen molar-refractivity contribution in [3.8, 4) is 67.5 Å². The molecule has 0 saturated heterocycles. The molecule has 0 spiro atoms. The molecule has 3 nitrogen and oxygen atoms in total. The standard InChI is InChI=1S/C62H39N3S/c1-3-17-46(18-4-1)62(47-19-5-2-6-20-47)55-27-11-9-22-51(55)52-38-37-45(39-56(52)62)61-64-59(43-33-29-41(30-34-43)49-24-13-16-40-15-7-8-21-48(40)49)63-60(65-61)44-35-31-42(32-36-44)50-25-14-26-54-53-23-10-12-28-57(53)66-58(50)54/h1-39H. The molecule has 66 heavy (non-hydrogen) atoms. The van der Waals surface area contributed by atoms with Crippen LogP contribution in [0.2, 0.25) is 0 Å². The average Bonchev–Trinajstić information content (AvgIpc) is 3.93. The highest BCUT2D eigenvalue weighted by molar-refractivity contribution is 7.26. The van der Waals surface area contributed by atoms with Crippen molar-refractivity contribution >= 4 is 42.3 Å². The fourth-order valence-corrected chi connectivity index (χ4v) is 11.6. The summed E-state index contributed by atoms with van der Waals surface area (Å²) in [5, 5.41) is 5.03. The number of hydrogen-bond acceptors (Lipinski definition) is 4. The zero-order chi connectivity index (χ0) is 43.6. The van der Waals surface area contributed by atoms with E-state index in [9.17, 15) is 0 Å². The predicted molar refractivity (Wildman–Crippen MR) is 275 cm³/mol. The highest BCUT2D eigenvalue weighted by atomic mass is 32.1. The quantitative estimate of drug-likeness (QED) is 0.160. The minimum Gasteiger partial charge on any atom is -0.208 e. The molecular weight excluding hydrogens is 819 g/mol. The summed E-state index contributed by atoms with van der Waals surface area (Å²) >= 11 is 1.85. The lowest BCUT2D eigenvalue weighted by atomic mass is 9.67. The molecule has 1 aliphatic rings. The monoisotopic (exact) mass is 857 g/mol. The van der Waals surface area contributed by atoms with Crippen LogP contribution in [0.15, 0.2) is 237 Å². The molecule has 0 atom stereocenters. The number of thiophene rings is 1. The Morgan fingerprint density at radius 1 is 0.303 bits per heavy atom. The molecule has 12 aromatic rings. The Hall–Kier alpha value is -8.31. The Kier molecular flexibility index (Phi) is 8.93. The van der Waals surface area contributed by atoms with Crippen molar-refractivity contribution in [2.24, 2.45) is 0 Å². The van der Waals surface area contributed by atoms with Crippen molar-refractivity contribution < 1.29 is 0 Å². The Balaban J connectivity index is 0.975. The van der Waals surface area contributed by atoms with Gasteiger partial charge in [-0.15, -0.1) is 11.3 Å². The van der Waals surface area contributed by atoms with Gasteiger partial charge in [-0.1, -0.05) is 224 Å². The highest BCUT2D eigenvalue weighted by Crippen LogP contribution is 2.56. The first kappa shape index (κ1) is 38.2. The molecule has 2 heterocycles. The second kappa shape index (κ2) is 15.4. The molecule has 1 aliphatic carbocycles. The number of aromatic nitrogens is 3. The summed E-state index contributed by atoms with van der Waals surface area (Å²) < 4.78 is 2.59. The minimum atomic E-state index is -0.548. The molecule has 0 bridgehead atoms. The van der Waals surface area contributed by atoms with E-state index >= 15 is 0 Å². The topological polar surface area (TPSA) is 38.7 Å². The van der Waals surface area contributed by atoms with E-state index in [0.29, 0.717) is 17.5 Å². The molecule has 0 amide bonds. The third-order valence-corrected chi connectivity index (χ3v) is 14.7. The van der Waals surface area contributed by atoms with Crippen LogP contribution in [0.5, 0.6) is 0 Å². The van der Waals surface area contributed by atoms with Gasteiger partial charge in [0.2, 0.25) is 0 Å². The van der Waals surface area contributed by atoms with E-state index < -0.39 is 5.41 Å². The van der Waals surface area contributed by atoms with Gasteiger partial charge in [-0.25, -0.2) is 15.0 Å². The molecule has 0 unspecified atom stereocenters. The lowest BCUT2D eigenvalue weighted by Gasteiger charge is -2.34. The normalized spacial score (nSPS) is 12.7. The molecule has 2 aromatic heterocycles. The van der Waals surface area contributed by atoms with Crippen molar-refractivity contribution in [1.82, 2.24) is 15.0 Å². The summed E-state index contributed by atoms with van der Waals surface area (Å²) in [6.45, 7) is 0. The van der Waals surface area contributed by atoms with E-state index in [1.165, 1.54) is 75.5 Å². The lowest BCUT2D eigenvalue weighted by Crippen LogP contribution is -2.28. The number of hydrogen-bond donors (Lipinski definition) is 0. The Labute approximate surface area is 387 Å². The molecule has 10 aromatic carbocycles. The Morgan fingerprint density at radius 2 is 0.773 bits per heavy atom. The van der Waals surface area contributed by atoms with Gasteiger partial charge in [0, 0.05) is 36.9 Å². The summed E-state index contributed by atoms with van der Waals surface area (Å²) in [4.78, 5) is 15.9. The van der Waals surface area contributed by atoms with Crippen LogP contribution < -0.4 is 0 Å². The van der Waals surface area contributed by atoms with Gasteiger partial charge in [-0.2, -0.15) is 0 Å². The van der Waals surface area contributed by atoms with Gasteiger partial charge >= 0.3 is 0 Å². The molecule has 13 rings (SSSR count). The van der Waals surface area contributed by atoms with Gasteiger partial charge in [-0.05, 0) is 78.5 Å². The minimum absolute atomic E-state index is 0.548. The maximum atomic E-state index is 5.33. The van der Waals surface area contributed by atoms with E-state index in [1.54, 1.807) is 0 Å². The number of benzene rings is 10. The summed E-state index contributed by atoms with van der Waals surface area (Å²) in [6, 6.07) is 85.2. The van der Waals surface area contributed by atoms with E-state index in [4.69, 9.17) is 15.0 Å². The number of nitrogens with zero attached hydrogens (tertiary/aromatic N) is 3. The summed E-state index contributed by atoms with van der Waals surface area (Å²) in [5.74, 6) is 1.88. The molecule has 0 radical (unpaired) electrons. The molecule has 0 aliphatic heterocycles. The van der Waals surface area contributed by atoms with Crippen molar-refractivity contribution in [3.63, 3.8) is 0 Å². The zero-order valence-electron chi connectivity index (χ0n) is 35.8. The van der Waals surface area contributed by atoms with E-state index in [2.05, 4.69) is 237 Å². The molecule has 308 valence electrons. The van der Waals surface area contributed by atoms with Crippen LogP contribution in [-0.2, 0) is 5.41 Å². The van der Waals surface area contributed by atoms with Crippen LogP contribution in [0.25, 0.3) is 98.5 Å². The van der Waals surface area contributed by atoms with Crippen LogP contribution in [0, 0.1) is 0 Å². The largest absolute Gasteiger partial charge is 0.208 e. The molecule has 0 fully saturated rings.